The second-order valence-corrected chi connectivity index (χ2v) is 9.18. The third-order valence-corrected chi connectivity index (χ3v) is 6.90. The first-order chi connectivity index (χ1) is 16.5. The van der Waals surface area contributed by atoms with Crippen LogP contribution in [0.1, 0.15) is 29.1 Å². The number of benzene rings is 2. The van der Waals surface area contributed by atoms with E-state index < -0.39 is 0 Å². The highest BCUT2D eigenvalue weighted by Crippen LogP contribution is 2.44. The Labute approximate surface area is 213 Å². The molecule has 34 heavy (non-hydrogen) atoms. The van der Waals surface area contributed by atoms with Gasteiger partial charge in [-0.05, 0) is 73.2 Å². The van der Waals surface area contributed by atoms with Crippen LogP contribution < -0.4 is 15.0 Å². The molecule has 0 amide bonds. The van der Waals surface area contributed by atoms with E-state index in [-0.39, 0.29) is 12.1 Å². The highest BCUT2D eigenvalue weighted by atomic mass is 35.5. The lowest BCUT2D eigenvalue weighted by Crippen LogP contribution is -2.29. The summed E-state index contributed by atoms with van der Waals surface area (Å²) in [5, 5.41) is 5.17. The SMILES string of the molecule is COc1ccc(N2C(=S)NC(c3ccccn3)C2c2ccc(-c3ccc(C)c(Cl)c3)o2)cc1Cl. The van der Waals surface area contributed by atoms with E-state index in [1.54, 1.807) is 13.3 Å². The van der Waals surface area contributed by atoms with Crippen LogP contribution >= 0.6 is 35.4 Å². The molecule has 2 aromatic carbocycles. The third-order valence-electron chi connectivity index (χ3n) is 5.89. The number of halogens is 2. The number of aryl methyl sites for hydroxylation is 1. The first-order valence-corrected chi connectivity index (χ1v) is 11.8. The van der Waals surface area contributed by atoms with Gasteiger partial charge in [-0.3, -0.25) is 4.98 Å². The number of anilines is 1. The van der Waals surface area contributed by atoms with E-state index in [0.717, 1.165) is 34.0 Å². The number of ether oxygens (including phenoxy) is 1. The summed E-state index contributed by atoms with van der Waals surface area (Å²) < 4.78 is 11.7. The van der Waals surface area contributed by atoms with Crippen molar-refractivity contribution in [1.82, 2.24) is 10.3 Å². The van der Waals surface area contributed by atoms with Gasteiger partial charge in [0.1, 0.15) is 23.3 Å². The molecule has 2 unspecified atom stereocenters. The summed E-state index contributed by atoms with van der Waals surface area (Å²) in [5.74, 6) is 2.06. The van der Waals surface area contributed by atoms with Crippen molar-refractivity contribution < 1.29 is 9.15 Å². The van der Waals surface area contributed by atoms with Gasteiger partial charge in [0, 0.05) is 22.5 Å². The molecule has 1 N–H and O–H groups in total. The van der Waals surface area contributed by atoms with Crippen LogP contribution in [0.5, 0.6) is 5.75 Å². The largest absolute Gasteiger partial charge is 0.495 e. The molecule has 4 aromatic rings. The molecule has 0 radical (unpaired) electrons. The van der Waals surface area contributed by atoms with Crippen molar-refractivity contribution in [3.05, 3.63) is 100.0 Å². The van der Waals surface area contributed by atoms with Gasteiger partial charge in [0.2, 0.25) is 0 Å². The van der Waals surface area contributed by atoms with Gasteiger partial charge in [-0.25, -0.2) is 0 Å². The predicted octanol–water partition coefficient (Wildman–Crippen LogP) is 7.14. The van der Waals surface area contributed by atoms with Crippen molar-refractivity contribution in [2.75, 3.05) is 12.0 Å². The maximum atomic E-state index is 6.45. The van der Waals surface area contributed by atoms with E-state index in [1.807, 2.05) is 78.6 Å². The number of hydrogen-bond acceptors (Lipinski definition) is 4. The van der Waals surface area contributed by atoms with Gasteiger partial charge < -0.3 is 19.4 Å². The number of nitrogens with one attached hydrogen (secondary N) is 1. The molecule has 0 bridgehead atoms. The lowest BCUT2D eigenvalue weighted by atomic mass is 10.0. The van der Waals surface area contributed by atoms with Gasteiger partial charge in [-0.2, -0.15) is 0 Å². The van der Waals surface area contributed by atoms with E-state index in [1.165, 1.54) is 0 Å². The smallest absolute Gasteiger partial charge is 0.174 e. The van der Waals surface area contributed by atoms with Gasteiger partial charge >= 0.3 is 0 Å². The average molecular weight is 510 g/mol. The molecule has 5 rings (SSSR count). The Balaban J connectivity index is 1.60. The molecule has 2 aromatic heterocycles. The fourth-order valence-electron chi connectivity index (χ4n) is 4.14. The predicted molar refractivity (Wildman–Crippen MR) is 140 cm³/mol. The van der Waals surface area contributed by atoms with Crippen LogP contribution in [0.15, 0.2) is 77.3 Å². The summed E-state index contributed by atoms with van der Waals surface area (Å²) in [5.41, 5.74) is 3.60. The zero-order chi connectivity index (χ0) is 23.8. The normalized spacial score (nSPS) is 17.6. The maximum absolute atomic E-state index is 6.45. The molecule has 3 heterocycles. The van der Waals surface area contributed by atoms with Crippen LogP contribution in [0, 0.1) is 6.92 Å². The summed E-state index contributed by atoms with van der Waals surface area (Å²) >= 11 is 18.6. The van der Waals surface area contributed by atoms with Crippen molar-refractivity contribution in [3.8, 4) is 17.1 Å². The van der Waals surface area contributed by atoms with Crippen molar-refractivity contribution >= 4 is 46.2 Å². The minimum atomic E-state index is -0.290. The fraction of sp³-hybridized carbons (Fsp3) is 0.154. The van der Waals surface area contributed by atoms with Crippen LogP contribution in [0.3, 0.4) is 0 Å². The maximum Gasteiger partial charge on any atom is 0.174 e. The number of rotatable bonds is 5. The van der Waals surface area contributed by atoms with Crippen LogP contribution in [0.25, 0.3) is 11.3 Å². The second kappa shape index (κ2) is 9.29. The van der Waals surface area contributed by atoms with E-state index >= 15 is 0 Å². The highest BCUT2D eigenvalue weighted by Gasteiger charge is 2.42. The number of thiocarbonyl (C=S) groups is 1. The Morgan fingerprint density at radius 2 is 1.88 bits per heavy atom. The first-order valence-electron chi connectivity index (χ1n) is 10.7. The van der Waals surface area contributed by atoms with E-state index in [9.17, 15) is 0 Å². The Kier molecular flexibility index (Phi) is 6.21. The van der Waals surface area contributed by atoms with Crippen LogP contribution in [-0.4, -0.2) is 17.2 Å². The van der Waals surface area contributed by atoms with Gasteiger partial charge in [-0.1, -0.05) is 41.4 Å². The third kappa shape index (κ3) is 4.13. The van der Waals surface area contributed by atoms with Crippen LogP contribution in [0.4, 0.5) is 5.69 Å². The van der Waals surface area contributed by atoms with Crippen LogP contribution in [-0.2, 0) is 0 Å². The molecule has 8 heteroatoms. The summed E-state index contributed by atoms with van der Waals surface area (Å²) in [6, 6.07) is 20.7. The average Bonchev–Trinajstić information content (AvgIpc) is 3.46. The molecule has 0 aliphatic carbocycles. The molecule has 1 aliphatic rings. The van der Waals surface area contributed by atoms with E-state index in [0.29, 0.717) is 20.9 Å². The standard InChI is InChI=1S/C26H21Cl2N3O2S/c1-15-6-7-16(13-18(15)27)21-10-11-23(33-21)25-24(20-5-3-4-12-29-20)30-26(34)31(25)17-8-9-22(32-2)19(28)14-17/h3-14,24-25H,1-2H3,(H,30,34). The fourth-order valence-corrected chi connectivity index (χ4v) is 4.92. The molecule has 5 nitrogen and oxygen atoms in total. The zero-order valence-corrected chi connectivity index (χ0v) is 20.8. The number of hydrogen-bond donors (Lipinski definition) is 1. The van der Waals surface area contributed by atoms with Gasteiger partial charge in [-0.15, -0.1) is 0 Å². The molecule has 0 saturated carbocycles. The first kappa shape index (κ1) is 22.7. The molecule has 1 fully saturated rings. The summed E-state index contributed by atoms with van der Waals surface area (Å²) in [6.45, 7) is 1.97. The van der Waals surface area contributed by atoms with Gasteiger partial charge in [0.05, 0.1) is 23.9 Å². The highest BCUT2D eigenvalue weighted by molar-refractivity contribution is 7.80. The number of aromatic nitrogens is 1. The van der Waals surface area contributed by atoms with Gasteiger partial charge in [0.25, 0.3) is 0 Å². The molecular formula is C26H21Cl2N3O2S. The summed E-state index contributed by atoms with van der Waals surface area (Å²) in [7, 11) is 1.59. The van der Waals surface area contributed by atoms with Gasteiger partial charge in [0.15, 0.2) is 5.11 Å². The van der Waals surface area contributed by atoms with E-state index in [4.69, 9.17) is 44.6 Å². The second-order valence-electron chi connectivity index (χ2n) is 7.98. The van der Waals surface area contributed by atoms with Crippen molar-refractivity contribution in [1.29, 1.82) is 0 Å². The Morgan fingerprint density at radius 1 is 1.03 bits per heavy atom. The lowest BCUT2D eigenvalue weighted by Gasteiger charge is -2.26. The lowest BCUT2D eigenvalue weighted by molar-refractivity contribution is 0.415. The molecule has 0 spiro atoms. The Bertz CT molecular complexity index is 1360. The van der Waals surface area contributed by atoms with Crippen molar-refractivity contribution in [3.63, 3.8) is 0 Å². The molecule has 172 valence electrons. The minimum Gasteiger partial charge on any atom is -0.495 e. The minimum absolute atomic E-state index is 0.227. The van der Waals surface area contributed by atoms with E-state index in [2.05, 4.69) is 10.3 Å². The number of furan rings is 1. The molecule has 2 atom stereocenters. The quantitative estimate of drug-likeness (QED) is 0.288. The monoisotopic (exact) mass is 509 g/mol. The van der Waals surface area contributed by atoms with Crippen molar-refractivity contribution in [2.45, 2.75) is 19.0 Å². The van der Waals surface area contributed by atoms with Crippen LogP contribution in [0.2, 0.25) is 10.0 Å². The number of methoxy groups -OCH3 is 1. The number of pyridine rings is 1. The topological polar surface area (TPSA) is 50.5 Å². The summed E-state index contributed by atoms with van der Waals surface area (Å²) in [6.07, 6.45) is 1.77. The molecule has 1 saturated heterocycles. The molecule has 1 aliphatic heterocycles. The Morgan fingerprint density at radius 3 is 2.59 bits per heavy atom. The summed E-state index contributed by atoms with van der Waals surface area (Å²) in [4.78, 5) is 6.58. The zero-order valence-electron chi connectivity index (χ0n) is 18.5. The molecular weight excluding hydrogens is 489 g/mol. The number of nitrogens with zero attached hydrogens (tertiary/aromatic N) is 2. The van der Waals surface area contributed by atoms with Crippen molar-refractivity contribution in [2.24, 2.45) is 0 Å². The Hall–Kier alpha value is -3.06.